The second-order valence-electron chi connectivity index (χ2n) is 24.0. The molecule has 2 rings (SSSR count). The fourth-order valence-corrected chi connectivity index (χ4v) is 10.8. The van der Waals surface area contributed by atoms with Crippen LogP contribution in [0.3, 0.4) is 0 Å². The van der Waals surface area contributed by atoms with Gasteiger partial charge in [0.05, 0.1) is 26.4 Å². The van der Waals surface area contributed by atoms with E-state index in [4.69, 9.17) is 28.4 Å². The van der Waals surface area contributed by atoms with Crippen molar-refractivity contribution < 1.29 is 69.0 Å². The molecule has 0 saturated carbocycles. The predicted octanol–water partition coefficient (Wildman–Crippen LogP) is 14.4. The molecule has 0 aliphatic carbocycles. The number of aliphatic hydroxyl groups is 7. The zero-order chi connectivity index (χ0) is 60.8. The van der Waals surface area contributed by atoms with Crippen molar-refractivity contribution >= 4 is 5.97 Å². The minimum absolute atomic E-state index is 0.0594. The second kappa shape index (κ2) is 56.0. The zero-order valence-corrected chi connectivity index (χ0v) is 53.1. The summed E-state index contributed by atoms with van der Waals surface area (Å²) in [6, 6.07) is 0. The van der Waals surface area contributed by atoms with Crippen LogP contribution in [0.2, 0.25) is 0 Å². The van der Waals surface area contributed by atoms with Crippen LogP contribution in [-0.4, -0.2) is 142 Å². The van der Waals surface area contributed by atoms with Crippen LogP contribution in [0.25, 0.3) is 0 Å². The van der Waals surface area contributed by atoms with Crippen molar-refractivity contribution in [3.63, 3.8) is 0 Å². The Morgan fingerprint density at radius 3 is 1.21 bits per heavy atom. The summed E-state index contributed by atoms with van der Waals surface area (Å²) in [5, 5.41) is 72.6. The fraction of sp³-hybridized carbons (Fsp3) is 0.843. The summed E-state index contributed by atoms with van der Waals surface area (Å²) < 4.78 is 34.6. The number of carbonyl (C=O) groups is 1. The number of unbranched alkanes of at least 4 members (excludes halogenated alkanes) is 33. The minimum atomic E-state index is -1.71. The summed E-state index contributed by atoms with van der Waals surface area (Å²) >= 11 is 0. The van der Waals surface area contributed by atoms with E-state index in [1.165, 1.54) is 173 Å². The third-order valence-electron chi connectivity index (χ3n) is 16.3. The monoisotopic (exact) mass is 1190 g/mol. The molecule has 2 aliphatic rings. The van der Waals surface area contributed by atoms with Gasteiger partial charge in [-0.05, 0) is 57.8 Å². The van der Waals surface area contributed by atoms with Gasteiger partial charge < -0.3 is 64.2 Å². The standard InChI is InChI=1S/C70H126O14/c1-3-5-7-9-11-13-15-17-19-21-23-25-27-29-30-32-34-36-38-40-42-44-46-48-50-52-54-79-56-59(57-80-69-68(78)66(76)64(74)61(84-69)58-81-70-67(77)65(75)63(73)60(55-71)83-70)82-62(72)53-51-49-47-45-43-41-39-37-35-33-31-28-26-24-22-20-18-16-14-12-10-8-6-4-2/h5,7,11,13,17,19,23,25,29-30,59-61,63-71,73-78H,3-4,6,8-10,12,14-16,18,20-22,24,26-28,31-58H2,1-2H3/b7-5-,13-11-,19-17-,25-23-,30-29-. The molecule has 2 heterocycles. The SMILES string of the molecule is CC/C=C\C/C=C\C/C=C\C/C=C\C/C=C\CCCCCCCCCCCCOCC(COC1OC(COC2OC(CO)C(O)C(O)C2O)C(O)C(O)C1O)OC(=O)CCCCCCCCCCCCCCCCCCCCCCCCCC. The first kappa shape index (κ1) is 77.8. The van der Waals surface area contributed by atoms with E-state index in [9.17, 15) is 40.5 Å². The van der Waals surface area contributed by atoms with E-state index in [0.717, 1.165) is 77.0 Å². The second-order valence-corrected chi connectivity index (χ2v) is 24.0. The summed E-state index contributed by atoms with van der Waals surface area (Å²) in [5.41, 5.74) is 0. The predicted molar refractivity (Wildman–Crippen MR) is 339 cm³/mol. The van der Waals surface area contributed by atoms with Crippen molar-refractivity contribution in [2.24, 2.45) is 0 Å². The molecule has 11 unspecified atom stereocenters. The van der Waals surface area contributed by atoms with Crippen LogP contribution < -0.4 is 0 Å². The first-order valence-electron chi connectivity index (χ1n) is 34.4. The fourth-order valence-electron chi connectivity index (χ4n) is 10.8. The Balaban J connectivity index is 1.64. The van der Waals surface area contributed by atoms with Crippen molar-refractivity contribution in [1.29, 1.82) is 0 Å². The molecular weight excluding hydrogens is 1060 g/mol. The van der Waals surface area contributed by atoms with Crippen LogP contribution in [-0.2, 0) is 33.2 Å². The molecular formula is C70H126O14. The Bertz CT molecular complexity index is 1620. The lowest BCUT2D eigenvalue weighted by atomic mass is 9.98. The highest BCUT2D eigenvalue weighted by Gasteiger charge is 2.47. The van der Waals surface area contributed by atoms with E-state index < -0.39 is 80.7 Å². The van der Waals surface area contributed by atoms with Gasteiger partial charge in [0.1, 0.15) is 54.9 Å². The number of aliphatic hydroxyl groups excluding tert-OH is 7. The van der Waals surface area contributed by atoms with Crippen molar-refractivity contribution in [2.45, 2.75) is 345 Å². The molecule has 0 radical (unpaired) electrons. The third kappa shape index (κ3) is 41.0. The molecule has 2 fully saturated rings. The summed E-state index contributed by atoms with van der Waals surface area (Å²) in [6.07, 6.45) is 55.8. The van der Waals surface area contributed by atoms with Gasteiger partial charge in [-0.3, -0.25) is 4.79 Å². The van der Waals surface area contributed by atoms with Gasteiger partial charge >= 0.3 is 5.97 Å². The van der Waals surface area contributed by atoms with Gasteiger partial charge in [0, 0.05) is 13.0 Å². The lowest BCUT2D eigenvalue weighted by Crippen LogP contribution is -2.61. The molecule has 14 heteroatoms. The van der Waals surface area contributed by atoms with Gasteiger partial charge in [-0.25, -0.2) is 0 Å². The number of rotatable bonds is 57. The van der Waals surface area contributed by atoms with Crippen LogP contribution in [0.15, 0.2) is 60.8 Å². The molecule has 0 amide bonds. The van der Waals surface area contributed by atoms with Gasteiger partial charge in [0.15, 0.2) is 12.6 Å². The highest BCUT2D eigenvalue weighted by Crippen LogP contribution is 2.27. The summed E-state index contributed by atoms with van der Waals surface area (Å²) in [5.74, 6) is -0.372. The normalized spacial score (nSPS) is 23.6. The Kier molecular flexibility index (Phi) is 51.8. The highest BCUT2D eigenvalue weighted by atomic mass is 16.7. The Labute approximate surface area is 511 Å². The van der Waals surface area contributed by atoms with E-state index in [-0.39, 0.29) is 25.6 Å². The lowest BCUT2D eigenvalue weighted by molar-refractivity contribution is -0.332. The van der Waals surface area contributed by atoms with E-state index >= 15 is 0 Å². The summed E-state index contributed by atoms with van der Waals surface area (Å²) in [4.78, 5) is 13.2. The maximum Gasteiger partial charge on any atom is 0.306 e. The molecule has 0 spiro atoms. The average Bonchev–Trinajstić information content (AvgIpc) is 3.15. The highest BCUT2D eigenvalue weighted by molar-refractivity contribution is 5.69. The molecule has 0 aromatic heterocycles. The van der Waals surface area contributed by atoms with Gasteiger partial charge in [0.2, 0.25) is 0 Å². The van der Waals surface area contributed by atoms with E-state index in [2.05, 4.69) is 74.6 Å². The van der Waals surface area contributed by atoms with Crippen LogP contribution in [0.4, 0.5) is 0 Å². The maximum absolute atomic E-state index is 13.2. The summed E-state index contributed by atoms with van der Waals surface area (Å²) in [7, 11) is 0. The topological polar surface area (TPSA) is 214 Å². The quantitative estimate of drug-likeness (QED) is 0.0171. The van der Waals surface area contributed by atoms with Gasteiger partial charge in [-0.15, -0.1) is 0 Å². The molecule has 0 aromatic rings. The molecule has 0 bridgehead atoms. The van der Waals surface area contributed by atoms with E-state index in [1.54, 1.807) is 0 Å². The van der Waals surface area contributed by atoms with Crippen LogP contribution in [0.1, 0.15) is 277 Å². The van der Waals surface area contributed by atoms with E-state index in [0.29, 0.717) is 13.0 Å². The number of carbonyl (C=O) groups excluding carboxylic acids is 1. The molecule has 2 saturated heterocycles. The third-order valence-corrected chi connectivity index (χ3v) is 16.3. The number of hydrogen-bond acceptors (Lipinski definition) is 14. The van der Waals surface area contributed by atoms with E-state index in [1.807, 2.05) is 0 Å². The molecule has 7 N–H and O–H groups in total. The Morgan fingerprint density at radius 1 is 0.405 bits per heavy atom. The smallest absolute Gasteiger partial charge is 0.306 e. The van der Waals surface area contributed by atoms with Crippen molar-refractivity contribution in [3.05, 3.63) is 60.8 Å². The Hall–Kier alpha value is -2.31. The first-order chi connectivity index (χ1) is 41.1. The number of hydrogen-bond donors (Lipinski definition) is 7. The lowest BCUT2D eigenvalue weighted by Gasteiger charge is -2.42. The first-order valence-corrected chi connectivity index (χ1v) is 34.4. The van der Waals surface area contributed by atoms with Crippen LogP contribution in [0, 0.1) is 0 Å². The number of esters is 1. The average molecular weight is 1190 g/mol. The minimum Gasteiger partial charge on any atom is -0.457 e. The van der Waals surface area contributed by atoms with Crippen LogP contribution >= 0.6 is 0 Å². The van der Waals surface area contributed by atoms with Gasteiger partial charge in [-0.2, -0.15) is 0 Å². The van der Waals surface area contributed by atoms with Crippen molar-refractivity contribution in [3.8, 4) is 0 Å². The van der Waals surface area contributed by atoms with Crippen molar-refractivity contribution in [2.75, 3.05) is 33.0 Å². The zero-order valence-electron chi connectivity index (χ0n) is 53.1. The molecule has 0 aromatic carbocycles. The maximum atomic E-state index is 13.2. The van der Waals surface area contributed by atoms with Gasteiger partial charge in [0.25, 0.3) is 0 Å². The summed E-state index contributed by atoms with van der Waals surface area (Å²) in [6.45, 7) is 3.62. The molecule has 84 heavy (non-hydrogen) atoms. The number of allylic oxidation sites excluding steroid dienone is 10. The molecule has 14 nitrogen and oxygen atoms in total. The largest absolute Gasteiger partial charge is 0.457 e. The molecule has 490 valence electrons. The van der Waals surface area contributed by atoms with Crippen LogP contribution in [0.5, 0.6) is 0 Å². The molecule has 2 aliphatic heterocycles. The van der Waals surface area contributed by atoms with Crippen molar-refractivity contribution in [1.82, 2.24) is 0 Å². The van der Waals surface area contributed by atoms with Gasteiger partial charge in [-0.1, -0.05) is 274 Å². The molecule has 11 atom stereocenters. The number of ether oxygens (including phenoxy) is 6. The Morgan fingerprint density at radius 2 is 0.774 bits per heavy atom.